The molecule has 4 rings (SSSR count). The number of piperazine rings is 1. The van der Waals surface area contributed by atoms with Gasteiger partial charge in [-0.1, -0.05) is 50.6 Å². The number of aliphatic hydroxyl groups excluding tert-OH is 1. The van der Waals surface area contributed by atoms with Crippen molar-refractivity contribution >= 4 is 23.1 Å². The Balaban J connectivity index is 1.74. The van der Waals surface area contributed by atoms with Crippen molar-refractivity contribution in [3.8, 4) is 0 Å². The Bertz CT molecular complexity index is 1090. The molecular formula is C27H33N3O3. The zero-order valence-electron chi connectivity index (χ0n) is 20.1. The van der Waals surface area contributed by atoms with Gasteiger partial charge in [0.05, 0.1) is 11.6 Å². The zero-order valence-corrected chi connectivity index (χ0v) is 20.1. The molecule has 2 heterocycles. The summed E-state index contributed by atoms with van der Waals surface area (Å²) in [5, 5.41) is 10.9. The number of amides is 1. The fraction of sp³-hybridized carbons (Fsp3) is 0.407. The van der Waals surface area contributed by atoms with Crippen molar-refractivity contribution in [1.29, 1.82) is 0 Å². The number of hydrogen-bond donors (Lipinski definition) is 1. The van der Waals surface area contributed by atoms with Gasteiger partial charge < -0.3 is 14.9 Å². The van der Waals surface area contributed by atoms with Crippen LogP contribution in [0.25, 0.3) is 0 Å². The van der Waals surface area contributed by atoms with Crippen LogP contribution < -0.4 is 9.80 Å². The molecule has 1 amide bonds. The number of carbonyl (C=O) groups is 2. The first-order chi connectivity index (χ1) is 15.6. The van der Waals surface area contributed by atoms with Crippen LogP contribution in [-0.4, -0.2) is 54.9 Å². The molecule has 2 aliphatic heterocycles. The number of hydrogen-bond acceptors (Lipinski definition) is 5. The van der Waals surface area contributed by atoms with Gasteiger partial charge in [0.15, 0.2) is 11.5 Å². The normalized spacial score (nSPS) is 20.0. The van der Waals surface area contributed by atoms with Crippen molar-refractivity contribution in [3.63, 3.8) is 0 Å². The number of nitrogens with zero attached hydrogens (tertiary/aromatic N) is 3. The first-order valence-electron chi connectivity index (χ1n) is 11.5. The molecule has 1 fully saturated rings. The zero-order chi connectivity index (χ0) is 23.9. The van der Waals surface area contributed by atoms with Crippen LogP contribution in [0.2, 0.25) is 0 Å². The smallest absolute Gasteiger partial charge is 0.294 e. The molecule has 0 aliphatic carbocycles. The number of anilines is 2. The van der Waals surface area contributed by atoms with E-state index in [0.717, 1.165) is 43.0 Å². The highest BCUT2D eigenvalue weighted by Gasteiger charge is 2.46. The van der Waals surface area contributed by atoms with Gasteiger partial charge in [0.2, 0.25) is 0 Å². The number of likely N-dealkylation sites (N-methyl/N-ethyl adjacent to an activating group) is 1. The molecule has 174 valence electrons. The number of Topliss-reactive ketones (excluding diaryl/α,β-unsaturated/α-hetero) is 1. The standard InChI is InChI=1S/C27H33N3O3/c1-18-7-6-8-19(17-18)23-22(25(32)27(2,3)4)24(31)26(33)30(23)21-11-9-20(10-12-21)29-15-13-28(5)14-16-29/h6-12,17,23,31H,13-16H2,1-5H3. The Morgan fingerprint density at radius 3 is 2.15 bits per heavy atom. The number of ketones is 1. The molecule has 1 atom stereocenters. The number of benzene rings is 2. The van der Waals surface area contributed by atoms with Gasteiger partial charge in [-0.2, -0.15) is 0 Å². The minimum Gasteiger partial charge on any atom is -0.503 e. The van der Waals surface area contributed by atoms with Gasteiger partial charge >= 0.3 is 0 Å². The minimum absolute atomic E-state index is 0.168. The van der Waals surface area contributed by atoms with E-state index in [2.05, 4.69) is 16.8 Å². The molecule has 0 aromatic heterocycles. The van der Waals surface area contributed by atoms with Crippen LogP contribution >= 0.6 is 0 Å². The summed E-state index contributed by atoms with van der Waals surface area (Å²) in [5.41, 5.74) is 3.04. The molecular weight excluding hydrogens is 414 g/mol. The van der Waals surface area contributed by atoms with Crippen LogP contribution in [-0.2, 0) is 9.59 Å². The van der Waals surface area contributed by atoms with E-state index in [1.54, 1.807) is 25.7 Å². The fourth-order valence-corrected chi connectivity index (χ4v) is 4.55. The third-order valence-corrected chi connectivity index (χ3v) is 6.49. The lowest BCUT2D eigenvalue weighted by molar-refractivity contribution is -0.123. The van der Waals surface area contributed by atoms with Gasteiger partial charge in [-0.3, -0.25) is 14.5 Å². The second kappa shape index (κ2) is 8.67. The highest BCUT2D eigenvalue weighted by atomic mass is 16.3. The van der Waals surface area contributed by atoms with Gasteiger partial charge in [0.25, 0.3) is 5.91 Å². The SMILES string of the molecule is Cc1cccc(C2C(C(=O)C(C)(C)C)=C(O)C(=O)N2c2ccc(N3CCN(C)CC3)cc2)c1. The van der Waals surface area contributed by atoms with E-state index in [1.165, 1.54) is 0 Å². The Labute approximate surface area is 196 Å². The summed E-state index contributed by atoms with van der Waals surface area (Å²) in [6, 6.07) is 15.0. The second-order valence-electron chi connectivity index (χ2n) is 10.1. The molecule has 33 heavy (non-hydrogen) atoms. The van der Waals surface area contributed by atoms with Crippen LogP contribution in [0.4, 0.5) is 11.4 Å². The number of rotatable bonds is 4. The molecule has 1 saturated heterocycles. The Morgan fingerprint density at radius 2 is 1.58 bits per heavy atom. The Morgan fingerprint density at radius 1 is 0.970 bits per heavy atom. The van der Waals surface area contributed by atoms with Crippen molar-refractivity contribution in [2.45, 2.75) is 33.7 Å². The van der Waals surface area contributed by atoms with Gasteiger partial charge in [-0.05, 0) is 43.8 Å². The number of aryl methyl sites for hydroxylation is 1. The molecule has 0 saturated carbocycles. The highest BCUT2D eigenvalue weighted by molar-refractivity contribution is 6.17. The molecule has 1 N–H and O–H groups in total. The van der Waals surface area contributed by atoms with Crippen molar-refractivity contribution in [2.24, 2.45) is 5.41 Å². The minimum atomic E-state index is -0.729. The van der Waals surface area contributed by atoms with Crippen molar-refractivity contribution < 1.29 is 14.7 Å². The molecule has 2 aliphatic rings. The molecule has 0 spiro atoms. The Hall–Kier alpha value is -3.12. The van der Waals surface area contributed by atoms with E-state index in [-0.39, 0.29) is 11.4 Å². The molecule has 2 aromatic rings. The van der Waals surface area contributed by atoms with E-state index < -0.39 is 23.1 Å². The van der Waals surface area contributed by atoms with Crippen molar-refractivity contribution in [1.82, 2.24) is 4.90 Å². The van der Waals surface area contributed by atoms with E-state index >= 15 is 0 Å². The third kappa shape index (κ3) is 4.40. The van der Waals surface area contributed by atoms with Gasteiger partial charge in [-0.15, -0.1) is 0 Å². The van der Waals surface area contributed by atoms with Crippen LogP contribution in [0.5, 0.6) is 0 Å². The molecule has 1 unspecified atom stereocenters. The van der Waals surface area contributed by atoms with Gasteiger partial charge in [0, 0.05) is 43.0 Å². The lowest BCUT2D eigenvalue weighted by Crippen LogP contribution is -2.44. The largest absolute Gasteiger partial charge is 0.503 e. The maximum Gasteiger partial charge on any atom is 0.294 e. The molecule has 2 aromatic carbocycles. The summed E-state index contributed by atoms with van der Waals surface area (Å²) >= 11 is 0. The molecule has 6 heteroatoms. The first kappa shape index (κ1) is 23.1. The quantitative estimate of drug-likeness (QED) is 0.759. The third-order valence-electron chi connectivity index (χ3n) is 6.49. The monoisotopic (exact) mass is 447 g/mol. The topological polar surface area (TPSA) is 64.1 Å². The van der Waals surface area contributed by atoms with Gasteiger partial charge in [-0.25, -0.2) is 0 Å². The average molecular weight is 448 g/mol. The summed E-state index contributed by atoms with van der Waals surface area (Å²) in [5.74, 6) is -1.22. The average Bonchev–Trinajstić information content (AvgIpc) is 3.04. The fourth-order valence-electron chi connectivity index (χ4n) is 4.55. The summed E-state index contributed by atoms with van der Waals surface area (Å²) < 4.78 is 0. The lowest BCUT2D eigenvalue weighted by atomic mass is 9.82. The molecule has 0 bridgehead atoms. The molecule has 6 nitrogen and oxygen atoms in total. The van der Waals surface area contributed by atoms with Crippen LogP contribution in [0.15, 0.2) is 59.9 Å². The van der Waals surface area contributed by atoms with Crippen molar-refractivity contribution in [3.05, 3.63) is 71.0 Å². The van der Waals surface area contributed by atoms with E-state index in [1.807, 2.05) is 55.5 Å². The lowest BCUT2D eigenvalue weighted by Gasteiger charge is -2.34. The number of aliphatic hydroxyl groups is 1. The maximum absolute atomic E-state index is 13.3. The maximum atomic E-state index is 13.3. The predicted molar refractivity (Wildman–Crippen MR) is 132 cm³/mol. The van der Waals surface area contributed by atoms with E-state index in [4.69, 9.17) is 0 Å². The van der Waals surface area contributed by atoms with Crippen molar-refractivity contribution in [2.75, 3.05) is 43.0 Å². The summed E-state index contributed by atoms with van der Waals surface area (Å²) in [6.45, 7) is 11.3. The van der Waals surface area contributed by atoms with Crippen LogP contribution in [0.1, 0.15) is 37.9 Å². The second-order valence-corrected chi connectivity index (χ2v) is 10.1. The van der Waals surface area contributed by atoms with E-state index in [0.29, 0.717) is 5.69 Å². The molecule has 0 radical (unpaired) electrons. The van der Waals surface area contributed by atoms with Crippen LogP contribution in [0, 0.1) is 12.3 Å². The predicted octanol–water partition coefficient (Wildman–Crippen LogP) is 4.26. The van der Waals surface area contributed by atoms with E-state index in [9.17, 15) is 14.7 Å². The summed E-state index contributed by atoms with van der Waals surface area (Å²) in [4.78, 5) is 32.8. The first-order valence-corrected chi connectivity index (χ1v) is 11.5. The highest BCUT2D eigenvalue weighted by Crippen LogP contribution is 2.43. The van der Waals surface area contributed by atoms with Gasteiger partial charge in [0.1, 0.15) is 0 Å². The summed E-state index contributed by atoms with van der Waals surface area (Å²) in [7, 11) is 2.13. The number of carbonyl (C=O) groups excluding carboxylic acids is 2. The summed E-state index contributed by atoms with van der Waals surface area (Å²) in [6.07, 6.45) is 0. The van der Waals surface area contributed by atoms with Crippen LogP contribution in [0.3, 0.4) is 0 Å². The Kier molecular flexibility index (Phi) is 6.06.